The van der Waals surface area contributed by atoms with Gasteiger partial charge in [-0.25, -0.2) is 13.6 Å². The van der Waals surface area contributed by atoms with E-state index in [9.17, 15) is 18.4 Å². The molecule has 1 heterocycles. The first-order valence-electron chi connectivity index (χ1n) is 6.45. The zero-order chi connectivity index (χ0) is 15.6. The summed E-state index contributed by atoms with van der Waals surface area (Å²) in [6, 6.07) is 5.30. The third-order valence-electron chi connectivity index (χ3n) is 3.37. The van der Waals surface area contributed by atoms with Crippen LogP contribution in [0.25, 0.3) is 0 Å². The fourth-order valence-corrected chi connectivity index (χ4v) is 2.19. The van der Waals surface area contributed by atoms with Crippen LogP contribution in [0.15, 0.2) is 24.3 Å². The first kappa shape index (κ1) is 15.2. The molecule has 2 atom stereocenters. The Morgan fingerprint density at radius 3 is 2.76 bits per heavy atom. The van der Waals surface area contributed by atoms with Crippen LogP contribution in [-0.2, 0) is 9.59 Å². The van der Waals surface area contributed by atoms with Crippen LogP contribution in [0.2, 0.25) is 0 Å². The van der Waals surface area contributed by atoms with Crippen LogP contribution >= 0.6 is 0 Å². The van der Waals surface area contributed by atoms with Gasteiger partial charge in [-0.2, -0.15) is 0 Å². The normalized spacial score (nSPS) is 22.9. The van der Waals surface area contributed by atoms with Gasteiger partial charge >= 0.3 is 5.97 Å². The van der Waals surface area contributed by atoms with E-state index in [0.29, 0.717) is 0 Å². The van der Waals surface area contributed by atoms with Gasteiger partial charge in [0.2, 0.25) is 5.67 Å². The Morgan fingerprint density at radius 1 is 1.48 bits per heavy atom. The molecule has 1 N–H and O–H groups in total. The Hall–Kier alpha value is -2.18. The van der Waals surface area contributed by atoms with E-state index in [-0.39, 0.29) is 18.7 Å². The number of aliphatic carboxylic acids is 1. The van der Waals surface area contributed by atoms with Crippen molar-refractivity contribution in [2.45, 2.75) is 25.1 Å². The molecule has 1 aromatic carbocycles. The molecule has 5 nitrogen and oxygen atoms in total. The van der Waals surface area contributed by atoms with Gasteiger partial charge in [0.1, 0.15) is 11.6 Å². The standard InChI is InChI=1S/C14H15F2NO4/c1-9(21-11-4-2-3-10(15)7-11)12(18)17-6-5-14(16,8-17)13(19)20/h2-4,7,9H,5-6,8H2,1H3,(H,19,20). The van der Waals surface area contributed by atoms with Crippen LogP contribution in [0.5, 0.6) is 5.75 Å². The number of carboxylic acid groups (broad SMARTS) is 1. The molecular weight excluding hydrogens is 284 g/mol. The second kappa shape index (κ2) is 5.67. The summed E-state index contributed by atoms with van der Waals surface area (Å²) in [4.78, 5) is 24.0. The number of carbonyl (C=O) groups excluding carboxylic acids is 1. The minimum Gasteiger partial charge on any atom is -0.481 e. The third kappa shape index (κ3) is 3.29. The number of likely N-dealkylation sites (tertiary alicyclic amines) is 1. The fourth-order valence-electron chi connectivity index (χ4n) is 2.19. The molecule has 1 aromatic rings. The summed E-state index contributed by atoms with van der Waals surface area (Å²) in [5.74, 6) is -2.42. The van der Waals surface area contributed by atoms with Crippen molar-refractivity contribution in [3.05, 3.63) is 30.1 Å². The first-order valence-corrected chi connectivity index (χ1v) is 6.45. The number of alkyl halides is 1. The molecule has 1 saturated heterocycles. The molecule has 21 heavy (non-hydrogen) atoms. The summed E-state index contributed by atoms with van der Waals surface area (Å²) < 4.78 is 32.2. The average Bonchev–Trinajstić information content (AvgIpc) is 2.82. The number of rotatable bonds is 4. The van der Waals surface area contributed by atoms with Gasteiger partial charge in [0.05, 0.1) is 6.54 Å². The Bertz CT molecular complexity index is 566. The van der Waals surface area contributed by atoms with Gasteiger partial charge in [0, 0.05) is 19.0 Å². The lowest BCUT2D eigenvalue weighted by molar-refractivity contribution is -0.150. The van der Waals surface area contributed by atoms with Crippen molar-refractivity contribution in [2.75, 3.05) is 13.1 Å². The maximum Gasteiger partial charge on any atom is 0.343 e. The van der Waals surface area contributed by atoms with E-state index in [1.54, 1.807) is 0 Å². The van der Waals surface area contributed by atoms with Crippen molar-refractivity contribution in [1.29, 1.82) is 0 Å². The number of ether oxygens (including phenoxy) is 1. The van der Waals surface area contributed by atoms with Crippen LogP contribution in [-0.4, -0.2) is 46.7 Å². The number of amides is 1. The number of carboxylic acids is 1. The minimum atomic E-state index is -2.41. The minimum absolute atomic E-state index is 0.0124. The maximum absolute atomic E-state index is 13.9. The van der Waals surface area contributed by atoms with E-state index in [1.807, 2.05) is 0 Å². The van der Waals surface area contributed by atoms with Crippen LogP contribution in [0.4, 0.5) is 8.78 Å². The Labute approximate surface area is 120 Å². The van der Waals surface area contributed by atoms with E-state index in [2.05, 4.69) is 0 Å². The van der Waals surface area contributed by atoms with Crippen molar-refractivity contribution in [3.8, 4) is 5.75 Å². The lowest BCUT2D eigenvalue weighted by Crippen LogP contribution is -2.43. The SMILES string of the molecule is CC(Oc1cccc(F)c1)C(=O)N1CCC(F)(C(=O)O)C1. The van der Waals surface area contributed by atoms with Crippen LogP contribution in [0, 0.1) is 5.82 Å². The molecule has 114 valence electrons. The molecule has 1 aliphatic rings. The predicted octanol–water partition coefficient (Wildman–Crippen LogP) is 1.62. The summed E-state index contributed by atoms with van der Waals surface area (Å²) >= 11 is 0. The third-order valence-corrected chi connectivity index (χ3v) is 3.37. The zero-order valence-electron chi connectivity index (χ0n) is 11.4. The van der Waals surface area contributed by atoms with Gasteiger partial charge in [0.25, 0.3) is 5.91 Å². The van der Waals surface area contributed by atoms with E-state index in [1.165, 1.54) is 25.1 Å². The number of hydrogen-bond donors (Lipinski definition) is 1. The molecule has 2 rings (SSSR count). The van der Waals surface area contributed by atoms with E-state index in [0.717, 1.165) is 11.0 Å². The smallest absolute Gasteiger partial charge is 0.343 e. The molecule has 7 heteroatoms. The van der Waals surface area contributed by atoms with Crippen molar-refractivity contribution < 1.29 is 28.2 Å². The van der Waals surface area contributed by atoms with E-state index >= 15 is 0 Å². The summed E-state index contributed by atoms with van der Waals surface area (Å²) in [6.45, 7) is 0.961. The molecule has 0 radical (unpaired) electrons. The number of benzene rings is 1. The molecule has 0 aliphatic carbocycles. The topological polar surface area (TPSA) is 66.8 Å². The van der Waals surface area contributed by atoms with Crippen LogP contribution in [0.1, 0.15) is 13.3 Å². The second-order valence-corrected chi connectivity index (χ2v) is 5.00. The van der Waals surface area contributed by atoms with Crippen LogP contribution < -0.4 is 4.74 Å². The predicted molar refractivity (Wildman–Crippen MR) is 69.2 cm³/mol. The fraction of sp³-hybridized carbons (Fsp3) is 0.429. The molecular formula is C14H15F2NO4. The first-order chi connectivity index (χ1) is 9.82. The van der Waals surface area contributed by atoms with Gasteiger partial charge < -0.3 is 14.7 Å². The highest BCUT2D eigenvalue weighted by Crippen LogP contribution is 2.27. The highest BCUT2D eigenvalue weighted by atomic mass is 19.1. The van der Waals surface area contributed by atoms with E-state index < -0.39 is 36.0 Å². The number of carbonyl (C=O) groups is 2. The van der Waals surface area contributed by atoms with Crippen molar-refractivity contribution >= 4 is 11.9 Å². The number of halogens is 2. The van der Waals surface area contributed by atoms with Crippen molar-refractivity contribution in [1.82, 2.24) is 4.90 Å². The second-order valence-electron chi connectivity index (χ2n) is 5.00. The molecule has 0 spiro atoms. The highest BCUT2D eigenvalue weighted by molar-refractivity contribution is 5.84. The lowest BCUT2D eigenvalue weighted by Gasteiger charge is -2.22. The largest absolute Gasteiger partial charge is 0.481 e. The average molecular weight is 299 g/mol. The van der Waals surface area contributed by atoms with E-state index in [4.69, 9.17) is 9.84 Å². The van der Waals surface area contributed by atoms with Crippen LogP contribution in [0.3, 0.4) is 0 Å². The Morgan fingerprint density at radius 2 is 2.19 bits per heavy atom. The molecule has 0 aromatic heterocycles. The summed E-state index contributed by atoms with van der Waals surface area (Å²) in [7, 11) is 0. The van der Waals surface area contributed by atoms with Gasteiger partial charge in [-0.15, -0.1) is 0 Å². The van der Waals surface area contributed by atoms with Gasteiger partial charge in [0.15, 0.2) is 6.10 Å². The molecule has 1 amide bonds. The summed E-state index contributed by atoms with van der Waals surface area (Å²) in [6.07, 6.45) is -1.20. The van der Waals surface area contributed by atoms with Gasteiger partial charge in [-0.05, 0) is 19.1 Å². The maximum atomic E-state index is 13.9. The van der Waals surface area contributed by atoms with Gasteiger partial charge in [-0.1, -0.05) is 6.07 Å². The van der Waals surface area contributed by atoms with Gasteiger partial charge in [-0.3, -0.25) is 4.79 Å². The van der Waals surface area contributed by atoms with Crippen molar-refractivity contribution in [3.63, 3.8) is 0 Å². The molecule has 1 aliphatic heterocycles. The highest BCUT2D eigenvalue weighted by Gasteiger charge is 2.47. The quantitative estimate of drug-likeness (QED) is 0.917. The molecule has 0 saturated carbocycles. The Balaban J connectivity index is 1.99. The Kier molecular flexibility index (Phi) is 4.11. The molecule has 2 unspecified atom stereocenters. The number of nitrogens with zero attached hydrogens (tertiary/aromatic N) is 1. The molecule has 0 bridgehead atoms. The summed E-state index contributed by atoms with van der Waals surface area (Å²) in [5, 5.41) is 8.79. The zero-order valence-corrected chi connectivity index (χ0v) is 11.4. The lowest BCUT2D eigenvalue weighted by atomic mass is 10.1. The monoisotopic (exact) mass is 299 g/mol. The van der Waals surface area contributed by atoms with Crippen molar-refractivity contribution in [2.24, 2.45) is 0 Å². The number of hydrogen-bond acceptors (Lipinski definition) is 3. The molecule has 1 fully saturated rings. The summed E-state index contributed by atoms with van der Waals surface area (Å²) in [5.41, 5.74) is -2.41.